The summed E-state index contributed by atoms with van der Waals surface area (Å²) < 4.78 is 21.1. The molecular weight excluding hydrogens is 1010 g/mol. The number of urea groups is 1. The van der Waals surface area contributed by atoms with E-state index in [1.165, 1.54) is 28.8 Å². The number of anilines is 1. The average molecular weight is 1100 g/mol. The molecule has 6 atom stereocenters. The zero-order valence-electron chi connectivity index (χ0n) is 48.9. The molecule has 4 saturated heterocycles. The number of hydrogen-bond donors (Lipinski definition) is 2. The van der Waals surface area contributed by atoms with E-state index in [9.17, 15) is 24.0 Å². The fraction of sp³-hybridized carbons (Fsp3) is 0.639. The minimum absolute atomic E-state index is 0.142. The molecule has 1 aromatic carbocycles. The van der Waals surface area contributed by atoms with E-state index in [1.807, 2.05) is 27.0 Å². The molecule has 1 unspecified atom stereocenters. The molecule has 2 aromatic heterocycles. The van der Waals surface area contributed by atoms with Gasteiger partial charge in [0.1, 0.15) is 24.4 Å². The summed E-state index contributed by atoms with van der Waals surface area (Å²) in [5.74, 6) is -1.72. The molecule has 5 fully saturated rings. The van der Waals surface area contributed by atoms with Crippen LogP contribution in [0.3, 0.4) is 0 Å². The molecule has 1 spiro atoms. The van der Waals surface area contributed by atoms with Crippen molar-refractivity contribution in [2.45, 2.75) is 148 Å². The average Bonchev–Trinajstić information content (AvgIpc) is 4.26. The maximum absolute atomic E-state index is 15.0. The van der Waals surface area contributed by atoms with Crippen molar-refractivity contribution in [1.82, 2.24) is 49.8 Å². The Balaban J connectivity index is 0.952. The van der Waals surface area contributed by atoms with E-state index in [-0.39, 0.29) is 43.0 Å². The second kappa shape index (κ2) is 23.5. The highest BCUT2D eigenvalue weighted by Crippen LogP contribution is 2.43. The van der Waals surface area contributed by atoms with Gasteiger partial charge in [-0.15, -0.1) is 0 Å². The first-order valence-corrected chi connectivity index (χ1v) is 29.6. The van der Waals surface area contributed by atoms with Gasteiger partial charge in [0.25, 0.3) is 5.91 Å². The molecule has 6 bridgehead atoms. The zero-order valence-corrected chi connectivity index (χ0v) is 48.9. The minimum atomic E-state index is -1.02. The Kier molecular flexibility index (Phi) is 16.9. The lowest BCUT2D eigenvalue weighted by atomic mass is 9.84. The molecule has 80 heavy (non-hydrogen) atoms. The van der Waals surface area contributed by atoms with Crippen LogP contribution < -0.4 is 15.6 Å². The molecule has 6 aliphatic heterocycles. The number of likely N-dealkylation sites (N-methyl/N-ethyl adjacent to an activating group) is 1. The van der Waals surface area contributed by atoms with Crippen LogP contribution in [0.25, 0.3) is 27.7 Å². The molecule has 19 nitrogen and oxygen atoms in total. The molecule has 434 valence electrons. The van der Waals surface area contributed by atoms with Crippen LogP contribution in [0.4, 0.5) is 10.5 Å². The number of methoxy groups -OCH3 is 1. The van der Waals surface area contributed by atoms with Crippen molar-refractivity contribution in [3.63, 3.8) is 0 Å². The Morgan fingerprint density at radius 2 is 1.76 bits per heavy atom. The highest BCUT2D eigenvalue weighted by Gasteiger charge is 2.48. The number of carbonyl (C=O) groups is 5. The Labute approximate surface area is 472 Å². The maximum Gasteiger partial charge on any atom is 0.324 e. The number of amides is 5. The van der Waals surface area contributed by atoms with Gasteiger partial charge in [0, 0.05) is 114 Å². The molecule has 7 aliphatic rings. The molecule has 2 N–H and O–H groups in total. The van der Waals surface area contributed by atoms with Gasteiger partial charge < -0.3 is 43.7 Å². The number of piperidine rings is 1. The van der Waals surface area contributed by atoms with Crippen LogP contribution in [-0.2, 0) is 46.4 Å². The van der Waals surface area contributed by atoms with E-state index >= 15 is 0 Å². The van der Waals surface area contributed by atoms with Gasteiger partial charge in [0.2, 0.25) is 11.8 Å². The summed E-state index contributed by atoms with van der Waals surface area (Å²) >= 11 is 0. The third kappa shape index (κ3) is 11.8. The summed E-state index contributed by atoms with van der Waals surface area (Å²) in [6.07, 6.45) is 11.0. The SMILES string of the molecule is C=CC(=O)N1CC2(CCN(C(=O)N(C)[C@H](C(=O)N[C@H]3CN4CCC=C(C4)c4ccc5c(c4)c(c(-c4cc(N6CCN(C7CC7)CC6)cnc4[C@H](C)OC)n5CC)CC(C)(C)COC(=O)[C@@H]4CCCN(N4)C3=O)C(C)C)CC2)O[C@@H]1C. The normalized spacial score (nSPS) is 25.5. The number of likely N-dealkylation sites (tertiary alicyclic amines) is 1. The van der Waals surface area contributed by atoms with E-state index in [1.54, 1.807) is 24.0 Å². The lowest BCUT2D eigenvalue weighted by Crippen LogP contribution is -2.64. The first-order valence-electron chi connectivity index (χ1n) is 29.6. The predicted molar refractivity (Wildman–Crippen MR) is 308 cm³/mol. The number of ether oxygens (including phenoxy) is 3. The molecule has 10 rings (SSSR count). The van der Waals surface area contributed by atoms with Gasteiger partial charge >= 0.3 is 12.0 Å². The summed E-state index contributed by atoms with van der Waals surface area (Å²) in [4.78, 5) is 88.5. The smallest absolute Gasteiger partial charge is 0.324 e. The van der Waals surface area contributed by atoms with Crippen LogP contribution in [-0.4, -0.2) is 198 Å². The molecule has 8 heterocycles. The molecule has 5 amide bonds. The molecule has 3 aromatic rings. The van der Waals surface area contributed by atoms with Gasteiger partial charge in [-0.3, -0.25) is 39.0 Å². The fourth-order valence-electron chi connectivity index (χ4n) is 13.5. The van der Waals surface area contributed by atoms with Crippen molar-refractivity contribution in [1.29, 1.82) is 0 Å². The summed E-state index contributed by atoms with van der Waals surface area (Å²) in [6, 6.07) is 6.83. The number of aryl methyl sites for hydroxylation is 1. The monoisotopic (exact) mass is 1100 g/mol. The molecular formula is C61H87N11O8. The Morgan fingerprint density at radius 3 is 2.45 bits per heavy atom. The van der Waals surface area contributed by atoms with Crippen LogP contribution in [0.1, 0.15) is 116 Å². The topological polar surface area (TPSA) is 178 Å². The fourth-order valence-corrected chi connectivity index (χ4v) is 13.5. The first-order chi connectivity index (χ1) is 38.3. The minimum Gasteiger partial charge on any atom is -0.464 e. The predicted octanol–water partition coefficient (Wildman–Crippen LogP) is 6.21. The van der Waals surface area contributed by atoms with E-state index < -0.39 is 47.2 Å². The number of piperazine rings is 1. The lowest BCUT2D eigenvalue weighted by Gasteiger charge is -2.41. The number of nitrogens with zero attached hydrogens (tertiary/aromatic N) is 9. The standard InChI is InChI=1S/C61H87N11O8/c1-11-52(73)71-37-61(80-41(71)6)21-25-69(26-22-61)59(77)65(9)54(39(3)4)56(74)63-50-36-66-23-13-15-43(35-66)42-17-20-51-46(31-42)48(33-60(7,8)38-79-58(76)49-16-14-24-72(64-49)57(50)75)55(70(51)12-2)47-32-45(34-62-53(47)40(5)78-10)68-29-27-67(28-30-68)44-18-19-44/h11,15,17,20,31-32,34,39-41,44,49-50,54,64H,1,12-14,16,18-19,21-30,33,35-38H2,2-10H3,(H,63,74)/t40-,41+,49-,50-,54-/m0/s1. The third-order valence-electron chi connectivity index (χ3n) is 18.1. The van der Waals surface area contributed by atoms with Crippen LogP contribution in [0.2, 0.25) is 0 Å². The van der Waals surface area contributed by atoms with Crippen molar-refractivity contribution in [3.05, 3.63) is 66.0 Å². The first kappa shape index (κ1) is 57.4. The van der Waals surface area contributed by atoms with Crippen LogP contribution >= 0.6 is 0 Å². The third-order valence-corrected chi connectivity index (χ3v) is 18.1. The highest BCUT2D eigenvalue weighted by molar-refractivity contribution is 5.96. The Morgan fingerprint density at radius 1 is 1.01 bits per heavy atom. The summed E-state index contributed by atoms with van der Waals surface area (Å²) in [7, 11) is 3.39. The summed E-state index contributed by atoms with van der Waals surface area (Å²) in [6.45, 7) is 25.6. The number of benzene rings is 1. The van der Waals surface area contributed by atoms with Crippen molar-refractivity contribution in [3.8, 4) is 11.3 Å². The quantitative estimate of drug-likeness (QED) is 0.164. The van der Waals surface area contributed by atoms with Gasteiger partial charge in [-0.05, 0) is 119 Å². The zero-order chi connectivity index (χ0) is 56.8. The van der Waals surface area contributed by atoms with Crippen molar-refractivity contribution in [2.75, 3.05) is 97.7 Å². The second-order valence-corrected chi connectivity index (χ2v) is 24.8. The van der Waals surface area contributed by atoms with E-state index in [2.05, 4.69) is 94.6 Å². The van der Waals surface area contributed by atoms with Gasteiger partial charge in [0.15, 0.2) is 0 Å². The van der Waals surface area contributed by atoms with E-state index in [4.69, 9.17) is 19.2 Å². The summed E-state index contributed by atoms with van der Waals surface area (Å²) in [5.41, 5.74) is 10.7. The van der Waals surface area contributed by atoms with E-state index in [0.29, 0.717) is 77.9 Å². The molecule has 19 heteroatoms. The Hall–Kier alpha value is -5.86. The van der Waals surface area contributed by atoms with Crippen LogP contribution in [0.5, 0.6) is 0 Å². The van der Waals surface area contributed by atoms with E-state index in [0.717, 1.165) is 88.9 Å². The second-order valence-electron chi connectivity index (χ2n) is 24.8. The van der Waals surface area contributed by atoms with Crippen molar-refractivity contribution < 1.29 is 38.2 Å². The molecule has 1 saturated carbocycles. The number of aromatic nitrogens is 2. The largest absolute Gasteiger partial charge is 0.464 e. The highest BCUT2D eigenvalue weighted by atomic mass is 16.5. The number of nitrogens with one attached hydrogen (secondary N) is 2. The van der Waals surface area contributed by atoms with Gasteiger partial charge in [0.05, 0.1) is 48.1 Å². The van der Waals surface area contributed by atoms with Crippen molar-refractivity contribution in [2.24, 2.45) is 11.3 Å². The van der Waals surface area contributed by atoms with Crippen LogP contribution in [0.15, 0.2) is 49.2 Å². The lowest BCUT2D eigenvalue weighted by molar-refractivity contribution is -0.155. The maximum atomic E-state index is 15.0. The number of fused-ring (bicyclic) bond motifs is 6. The van der Waals surface area contributed by atoms with Gasteiger partial charge in [-0.1, -0.05) is 46.4 Å². The Bertz CT molecular complexity index is 2860. The summed E-state index contributed by atoms with van der Waals surface area (Å²) in [5, 5.41) is 5.77. The van der Waals surface area contributed by atoms with Crippen molar-refractivity contribution >= 4 is 51.9 Å². The van der Waals surface area contributed by atoms with Crippen LogP contribution in [0, 0.1) is 11.3 Å². The number of carbonyl (C=O) groups excluding carboxylic acids is 5. The number of pyridine rings is 1. The number of cyclic esters (lactones) is 1. The van der Waals surface area contributed by atoms with Gasteiger partial charge in [-0.25, -0.2) is 10.2 Å². The van der Waals surface area contributed by atoms with Gasteiger partial charge in [-0.2, -0.15) is 0 Å². The number of rotatable bonds is 11. The number of esters is 1. The number of hydrazine groups is 1. The molecule has 1 aliphatic carbocycles. The number of hydrogen-bond acceptors (Lipinski definition) is 13. The molecule has 0 radical (unpaired) electrons.